The summed E-state index contributed by atoms with van der Waals surface area (Å²) in [6.45, 7) is 2.51. The molecule has 0 aromatic heterocycles. The lowest BCUT2D eigenvalue weighted by molar-refractivity contribution is 0.206. The molecule has 0 nitrogen and oxygen atoms in total. The van der Waals surface area contributed by atoms with E-state index in [1.165, 1.54) is 41.5 Å². The molecular weight excluding hydrogens is 316 g/mol. The Bertz CT molecular complexity index is 759. The molecule has 0 amide bonds. The average molecular weight is 342 g/mol. The first-order valence-electron chi connectivity index (χ1n) is 9.43. The van der Waals surface area contributed by atoms with Gasteiger partial charge < -0.3 is 0 Å². The van der Waals surface area contributed by atoms with Crippen LogP contribution in [0.3, 0.4) is 0 Å². The van der Waals surface area contributed by atoms with E-state index in [0.717, 1.165) is 6.04 Å². The van der Waals surface area contributed by atoms with Crippen molar-refractivity contribution in [2.45, 2.75) is 38.1 Å². The van der Waals surface area contributed by atoms with Gasteiger partial charge in [-0.05, 0) is 34.1 Å². The van der Waals surface area contributed by atoms with E-state index in [9.17, 15) is 0 Å². The van der Waals surface area contributed by atoms with Crippen LogP contribution in [0.2, 0.25) is 6.04 Å². The van der Waals surface area contributed by atoms with Gasteiger partial charge in [-0.2, -0.15) is 0 Å². The van der Waals surface area contributed by atoms with Gasteiger partial charge in [-0.15, -0.1) is 0 Å². The normalized spacial score (nSPS) is 18.3. The van der Waals surface area contributed by atoms with Crippen LogP contribution in [0.1, 0.15) is 43.2 Å². The summed E-state index contributed by atoms with van der Waals surface area (Å²) in [4.78, 5) is 0. The fourth-order valence-corrected chi connectivity index (χ4v) is 5.12. The molecule has 25 heavy (non-hydrogen) atoms. The van der Waals surface area contributed by atoms with E-state index in [4.69, 9.17) is 0 Å². The largest absolute Gasteiger partial charge is 0.0770 e. The predicted molar refractivity (Wildman–Crippen MR) is 108 cm³/mol. The number of rotatable bonds is 6. The van der Waals surface area contributed by atoms with Crippen molar-refractivity contribution >= 4 is 10.2 Å². The molecule has 1 unspecified atom stereocenters. The Hall–Kier alpha value is -1.86. The Balaban J connectivity index is 1.84. The molecule has 2 aliphatic rings. The Kier molecular flexibility index (Phi) is 4.51. The van der Waals surface area contributed by atoms with Crippen molar-refractivity contribution in [1.82, 2.24) is 0 Å². The maximum Gasteiger partial charge on any atom is 0.0222 e. The summed E-state index contributed by atoms with van der Waals surface area (Å²) >= 11 is 0. The highest BCUT2D eigenvalue weighted by atomic mass is 28.1. The molecule has 2 aromatic rings. The molecular formula is C24H25Si. The second-order valence-electron chi connectivity index (χ2n) is 7.62. The van der Waals surface area contributed by atoms with Gasteiger partial charge in [0.1, 0.15) is 0 Å². The van der Waals surface area contributed by atoms with Gasteiger partial charge in [0.05, 0.1) is 0 Å². The highest BCUT2D eigenvalue weighted by molar-refractivity contribution is 6.08. The molecule has 2 aromatic carbocycles. The minimum atomic E-state index is 0.202. The van der Waals surface area contributed by atoms with E-state index < -0.39 is 0 Å². The molecule has 0 aliphatic heterocycles. The standard InChI is InChI=1S/C24H25Si/c1-24(16-8-9-17-25,18-10-2-3-11-18)23-21-14-6-4-12-19(21)20-13-5-7-15-22(20)23/h2-7,10-15,18,23H,8-9,16-17H2,1H3. The van der Waals surface area contributed by atoms with E-state index in [1.807, 2.05) is 0 Å². The maximum atomic E-state index is 3.66. The van der Waals surface area contributed by atoms with Gasteiger partial charge in [0.25, 0.3) is 0 Å². The minimum absolute atomic E-state index is 0.202. The van der Waals surface area contributed by atoms with Crippen LogP contribution in [0.25, 0.3) is 11.1 Å². The zero-order valence-corrected chi connectivity index (χ0v) is 15.9. The van der Waals surface area contributed by atoms with Crippen LogP contribution in [0, 0.1) is 11.3 Å². The van der Waals surface area contributed by atoms with Crippen molar-refractivity contribution < 1.29 is 0 Å². The SMILES string of the molecule is CC(CCCC[Si])(C1C=CC=C1)C1c2ccccc2-c2ccccc21. The van der Waals surface area contributed by atoms with Crippen molar-refractivity contribution in [2.75, 3.05) is 0 Å². The first kappa shape index (κ1) is 16.6. The molecule has 0 fully saturated rings. The van der Waals surface area contributed by atoms with Crippen molar-refractivity contribution in [3.8, 4) is 11.1 Å². The molecule has 4 rings (SSSR count). The third-order valence-corrected chi connectivity index (χ3v) is 6.50. The van der Waals surface area contributed by atoms with Gasteiger partial charge in [0.15, 0.2) is 0 Å². The first-order valence-corrected chi connectivity index (χ1v) is 10.1. The fraction of sp³-hybridized carbons (Fsp3) is 0.333. The zero-order valence-electron chi connectivity index (χ0n) is 14.9. The van der Waals surface area contributed by atoms with Gasteiger partial charge in [-0.1, -0.05) is 98.6 Å². The van der Waals surface area contributed by atoms with Crippen LogP contribution in [-0.4, -0.2) is 10.2 Å². The highest BCUT2D eigenvalue weighted by Gasteiger charge is 2.45. The highest BCUT2D eigenvalue weighted by Crippen LogP contribution is 2.58. The first-order chi connectivity index (χ1) is 12.3. The molecule has 2 aliphatic carbocycles. The smallest absolute Gasteiger partial charge is 0.0222 e. The third-order valence-electron chi connectivity index (χ3n) is 6.14. The van der Waals surface area contributed by atoms with E-state index >= 15 is 0 Å². The number of allylic oxidation sites excluding steroid dienone is 4. The van der Waals surface area contributed by atoms with Gasteiger partial charge in [0.2, 0.25) is 0 Å². The third kappa shape index (κ3) is 2.75. The molecule has 3 radical (unpaired) electrons. The molecule has 0 bridgehead atoms. The molecule has 1 atom stereocenters. The van der Waals surface area contributed by atoms with Gasteiger partial charge in [-0.25, -0.2) is 0 Å². The summed E-state index contributed by atoms with van der Waals surface area (Å²) in [5, 5.41) is 0. The molecule has 1 heteroatoms. The Labute approximate surface area is 155 Å². The zero-order chi connectivity index (χ0) is 17.3. The lowest BCUT2D eigenvalue weighted by atomic mass is 9.62. The predicted octanol–water partition coefficient (Wildman–Crippen LogP) is 6.30. The summed E-state index contributed by atoms with van der Waals surface area (Å²) in [6.07, 6.45) is 13.0. The van der Waals surface area contributed by atoms with E-state index in [2.05, 4.69) is 90.0 Å². The van der Waals surface area contributed by atoms with Crippen molar-refractivity contribution in [1.29, 1.82) is 0 Å². The molecule has 0 spiro atoms. The Morgan fingerprint density at radius 2 is 1.40 bits per heavy atom. The quantitative estimate of drug-likeness (QED) is 0.427. The lowest BCUT2D eigenvalue weighted by Crippen LogP contribution is -2.32. The summed E-state index contributed by atoms with van der Waals surface area (Å²) in [7, 11) is 3.66. The fourth-order valence-electron chi connectivity index (χ4n) is 4.87. The number of unbranched alkanes of at least 4 members (excludes halogenated alkanes) is 1. The van der Waals surface area contributed by atoms with Crippen molar-refractivity contribution in [2.24, 2.45) is 11.3 Å². The number of fused-ring (bicyclic) bond motifs is 3. The van der Waals surface area contributed by atoms with Gasteiger partial charge in [-0.3, -0.25) is 0 Å². The number of benzene rings is 2. The van der Waals surface area contributed by atoms with E-state index in [-0.39, 0.29) is 5.41 Å². The van der Waals surface area contributed by atoms with E-state index in [0.29, 0.717) is 11.8 Å². The maximum absolute atomic E-state index is 3.66. The monoisotopic (exact) mass is 341 g/mol. The van der Waals surface area contributed by atoms with Crippen LogP contribution in [-0.2, 0) is 0 Å². The van der Waals surface area contributed by atoms with Crippen LogP contribution >= 0.6 is 0 Å². The summed E-state index contributed by atoms with van der Waals surface area (Å²) < 4.78 is 0. The summed E-state index contributed by atoms with van der Waals surface area (Å²) in [5.74, 6) is 0.971. The number of hydrogen-bond donors (Lipinski definition) is 0. The Morgan fingerprint density at radius 1 is 0.840 bits per heavy atom. The van der Waals surface area contributed by atoms with Gasteiger partial charge in [0, 0.05) is 22.1 Å². The molecule has 0 heterocycles. The number of hydrogen-bond acceptors (Lipinski definition) is 0. The Morgan fingerprint density at radius 3 is 1.96 bits per heavy atom. The minimum Gasteiger partial charge on any atom is -0.0770 e. The topological polar surface area (TPSA) is 0 Å². The lowest BCUT2D eigenvalue weighted by Gasteiger charge is -2.41. The van der Waals surface area contributed by atoms with Crippen molar-refractivity contribution in [3.05, 3.63) is 84.0 Å². The molecule has 125 valence electrons. The average Bonchev–Trinajstić information content (AvgIpc) is 3.29. The van der Waals surface area contributed by atoms with Crippen molar-refractivity contribution in [3.63, 3.8) is 0 Å². The van der Waals surface area contributed by atoms with E-state index in [1.54, 1.807) is 0 Å². The van der Waals surface area contributed by atoms with Crippen LogP contribution in [0.15, 0.2) is 72.8 Å². The second kappa shape index (κ2) is 6.80. The molecule has 0 N–H and O–H groups in total. The van der Waals surface area contributed by atoms with Crippen LogP contribution < -0.4 is 0 Å². The molecule has 0 saturated heterocycles. The van der Waals surface area contributed by atoms with Crippen LogP contribution in [0.5, 0.6) is 0 Å². The summed E-state index contributed by atoms with van der Waals surface area (Å²) in [6, 6.07) is 19.2. The van der Waals surface area contributed by atoms with Crippen LogP contribution in [0.4, 0.5) is 0 Å². The summed E-state index contributed by atoms with van der Waals surface area (Å²) in [5.41, 5.74) is 6.09. The second-order valence-corrected chi connectivity index (χ2v) is 8.12. The van der Waals surface area contributed by atoms with Gasteiger partial charge >= 0.3 is 0 Å². The molecule has 0 saturated carbocycles.